The Balaban J connectivity index is 1.92. The lowest BCUT2D eigenvalue weighted by atomic mass is 10.1. The van der Waals surface area contributed by atoms with Crippen molar-refractivity contribution in [2.24, 2.45) is 11.8 Å². The molecule has 0 aliphatic heterocycles. The summed E-state index contributed by atoms with van der Waals surface area (Å²) < 4.78 is 0. The van der Waals surface area contributed by atoms with E-state index in [4.69, 9.17) is 16.7 Å². The van der Waals surface area contributed by atoms with E-state index in [0.29, 0.717) is 11.4 Å². The van der Waals surface area contributed by atoms with Gasteiger partial charge in [-0.3, -0.25) is 9.59 Å². The van der Waals surface area contributed by atoms with E-state index in [1.807, 2.05) is 19.1 Å². The van der Waals surface area contributed by atoms with Crippen molar-refractivity contribution in [3.05, 3.63) is 34.9 Å². The number of hydrogen-bond acceptors (Lipinski definition) is 2. The van der Waals surface area contributed by atoms with Crippen molar-refractivity contribution in [2.45, 2.75) is 19.4 Å². The number of rotatable bonds is 4. The number of carboxylic acids is 1. The lowest BCUT2D eigenvalue weighted by Gasteiger charge is -2.14. The molecule has 0 spiro atoms. The molecule has 3 atom stereocenters. The predicted octanol–water partition coefficient (Wildman–Crippen LogP) is 2.24. The zero-order valence-corrected chi connectivity index (χ0v) is 10.6. The van der Waals surface area contributed by atoms with E-state index >= 15 is 0 Å². The Morgan fingerprint density at radius 1 is 1.33 bits per heavy atom. The van der Waals surface area contributed by atoms with Gasteiger partial charge in [0.05, 0.1) is 17.9 Å². The molecule has 4 nitrogen and oxygen atoms in total. The first-order chi connectivity index (χ1) is 8.49. The molecule has 5 heteroatoms. The summed E-state index contributed by atoms with van der Waals surface area (Å²) in [6.45, 7) is 1.86. The molecule has 1 aliphatic rings. The third-order valence-corrected chi connectivity index (χ3v) is 3.43. The Morgan fingerprint density at radius 3 is 2.44 bits per heavy atom. The van der Waals surface area contributed by atoms with Gasteiger partial charge in [-0.2, -0.15) is 0 Å². The molecule has 0 heterocycles. The highest BCUT2D eigenvalue weighted by Crippen LogP contribution is 2.39. The zero-order chi connectivity index (χ0) is 13.3. The summed E-state index contributed by atoms with van der Waals surface area (Å²) in [5.41, 5.74) is 0.945. The summed E-state index contributed by atoms with van der Waals surface area (Å²) in [7, 11) is 0. The van der Waals surface area contributed by atoms with Crippen molar-refractivity contribution < 1.29 is 14.7 Å². The van der Waals surface area contributed by atoms with Crippen molar-refractivity contribution >= 4 is 23.5 Å². The van der Waals surface area contributed by atoms with Gasteiger partial charge in [-0.1, -0.05) is 23.7 Å². The second-order valence-corrected chi connectivity index (χ2v) is 5.01. The Kier molecular flexibility index (Phi) is 3.57. The van der Waals surface area contributed by atoms with E-state index < -0.39 is 11.9 Å². The molecule has 96 valence electrons. The van der Waals surface area contributed by atoms with Crippen LogP contribution in [-0.2, 0) is 9.59 Å². The highest BCUT2D eigenvalue weighted by molar-refractivity contribution is 6.30. The molecule has 0 radical (unpaired) electrons. The van der Waals surface area contributed by atoms with E-state index in [-0.39, 0.29) is 17.9 Å². The van der Waals surface area contributed by atoms with E-state index in [1.165, 1.54) is 0 Å². The van der Waals surface area contributed by atoms with Crippen LogP contribution in [0.15, 0.2) is 24.3 Å². The molecule has 18 heavy (non-hydrogen) atoms. The first-order valence-corrected chi connectivity index (χ1v) is 6.15. The van der Waals surface area contributed by atoms with Crippen molar-refractivity contribution in [1.29, 1.82) is 0 Å². The summed E-state index contributed by atoms with van der Waals surface area (Å²) in [4.78, 5) is 22.4. The SMILES string of the molecule is C[C@H](NC(=O)[C@H]1C[C@@H]1C(=O)O)c1ccc(Cl)cc1. The van der Waals surface area contributed by atoms with Gasteiger partial charge in [-0.25, -0.2) is 0 Å². The summed E-state index contributed by atoms with van der Waals surface area (Å²) in [6.07, 6.45) is 0.439. The molecular weight excluding hydrogens is 254 g/mol. The molecule has 0 saturated heterocycles. The van der Waals surface area contributed by atoms with Crippen LogP contribution in [-0.4, -0.2) is 17.0 Å². The maximum Gasteiger partial charge on any atom is 0.307 e. The van der Waals surface area contributed by atoms with Crippen LogP contribution in [0.25, 0.3) is 0 Å². The first-order valence-electron chi connectivity index (χ1n) is 5.77. The molecule has 1 saturated carbocycles. The van der Waals surface area contributed by atoms with Gasteiger partial charge in [-0.15, -0.1) is 0 Å². The molecule has 1 fully saturated rings. The summed E-state index contributed by atoms with van der Waals surface area (Å²) in [5.74, 6) is -1.97. The van der Waals surface area contributed by atoms with Gasteiger partial charge in [-0.05, 0) is 31.0 Å². The van der Waals surface area contributed by atoms with Gasteiger partial charge in [0.2, 0.25) is 5.91 Å². The standard InChI is InChI=1S/C13H14ClNO3/c1-7(8-2-4-9(14)5-3-8)15-12(16)10-6-11(10)13(17)18/h2-5,7,10-11H,6H2,1H3,(H,15,16)(H,17,18)/t7-,10-,11-/m0/s1. The van der Waals surface area contributed by atoms with Crippen molar-refractivity contribution in [2.75, 3.05) is 0 Å². The fraction of sp³-hybridized carbons (Fsp3) is 0.385. The third-order valence-electron chi connectivity index (χ3n) is 3.17. The van der Waals surface area contributed by atoms with Crippen molar-refractivity contribution in [3.63, 3.8) is 0 Å². The second-order valence-electron chi connectivity index (χ2n) is 4.57. The number of amides is 1. The Bertz CT molecular complexity index is 472. The number of carbonyl (C=O) groups is 2. The Labute approximate surface area is 110 Å². The Morgan fingerprint density at radius 2 is 1.94 bits per heavy atom. The molecular formula is C13H14ClNO3. The van der Waals surface area contributed by atoms with Gasteiger partial charge in [0, 0.05) is 5.02 Å². The molecule has 0 unspecified atom stereocenters. The molecule has 1 aromatic rings. The summed E-state index contributed by atoms with van der Waals surface area (Å²) in [5, 5.41) is 12.2. The number of aliphatic carboxylic acids is 1. The number of carbonyl (C=O) groups excluding carboxylic acids is 1. The maximum atomic E-state index is 11.8. The van der Waals surface area contributed by atoms with Crippen LogP contribution in [0, 0.1) is 11.8 Å². The van der Waals surface area contributed by atoms with Gasteiger partial charge in [0.1, 0.15) is 0 Å². The predicted molar refractivity (Wildman–Crippen MR) is 67.2 cm³/mol. The Hall–Kier alpha value is -1.55. The monoisotopic (exact) mass is 267 g/mol. The molecule has 2 N–H and O–H groups in total. The van der Waals surface area contributed by atoms with Crippen LogP contribution in [0.4, 0.5) is 0 Å². The van der Waals surface area contributed by atoms with E-state index in [0.717, 1.165) is 5.56 Å². The first kappa shape index (κ1) is 12.9. The van der Waals surface area contributed by atoms with Crippen LogP contribution in [0.3, 0.4) is 0 Å². The fourth-order valence-electron chi connectivity index (χ4n) is 1.91. The fourth-order valence-corrected chi connectivity index (χ4v) is 2.04. The summed E-state index contributed by atoms with van der Waals surface area (Å²) >= 11 is 5.78. The molecule has 1 amide bonds. The normalized spacial score (nSPS) is 23.2. The zero-order valence-electron chi connectivity index (χ0n) is 9.89. The third kappa shape index (κ3) is 2.82. The number of carboxylic acid groups (broad SMARTS) is 1. The van der Waals surface area contributed by atoms with Crippen LogP contribution < -0.4 is 5.32 Å². The van der Waals surface area contributed by atoms with E-state index in [2.05, 4.69) is 5.32 Å². The van der Waals surface area contributed by atoms with E-state index in [1.54, 1.807) is 12.1 Å². The second kappa shape index (κ2) is 4.98. The lowest BCUT2D eigenvalue weighted by Crippen LogP contribution is -2.29. The molecule has 0 bridgehead atoms. The van der Waals surface area contributed by atoms with Crippen LogP contribution in [0.1, 0.15) is 24.9 Å². The number of hydrogen-bond donors (Lipinski definition) is 2. The van der Waals surface area contributed by atoms with Crippen LogP contribution >= 0.6 is 11.6 Å². The van der Waals surface area contributed by atoms with Crippen LogP contribution in [0.2, 0.25) is 5.02 Å². The lowest BCUT2D eigenvalue weighted by molar-refractivity contribution is -0.140. The maximum absolute atomic E-state index is 11.8. The largest absolute Gasteiger partial charge is 0.481 e. The van der Waals surface area contributed by atoms with Gasteiger partial charge >= 0.3 is 5.97 Å². The molecule has 1 aliphatic carbocycles. The average molecular weight is 268 g/mol. The van der Waals surface area contributed by atoms with Gasteiger partial charge in [0.15, 0.2) is 0 Å². The number of benzene rings is 1. The highest BCUT2D eigenvalue weighted by Gasteiger charge is 2.48. The number of nitrogens with one attached hydrogen (secondary N) is 1. The summed E-state index contributed by atoms with van der Waals surface area (Å²) in [6, 6.07) is 7.06. The van der Waals surface area contributed by atoms with Gasteiger partial charge < -0.3 is 10.4 Å². The smallest absolute Gasteiger partial charge is 0.307 e. The molecule has 0 aromatic heterocycles. The van der Waals surface area contributed by atoms with Crippen molar-refractivity contribution in [3.8, 4) is 0 Å². The van der Waals surface area contributed by atoms with Crippen molar-refractivity contribution in [1.82, 2.24) is 5.32 Å². The molecule has 2 rings (SSSR count). The minimum Gasteiger partial charge on any atom is -0.481 e. The van der Waals surface area contributed by atoms with E-state index in [9.17, 15) is 9.59 Å². The topological polar surface area (TPSA) is 66.4 Å². The van der Waals surface area contributed by atoms with Crippen LogP contribution in [0.5, 0.6) is 0 Å². The average Bonchev–Trinajstić information content (AvgIpc) is 3.09. The minimum atomic E-state index is -0.894. The number of halogens is 1. The van der Waals surface area contributed by atoms with Gasteiger partial charge in [0.25, 0.3) is 0 Å². The quantitative estimate of drug-likeness (QED) is 0.879. The molecule has 1 aromatic carbocycles. The minimum absolute atomic E-state index is 0.148. The highest BCUT2D eigenvalue weighted by atomic mass is 35.5.